The third-order valence-electron chi connectivity index (χ3n) is 4.17. The summed E-state index contributed by atoms with van der Waals surface area (Å²) >= 11 is 3.83. The standard InChI is InChI=1S/C16H25Br/c17-16(15-11-5-2-6-12-15)13-7-10-14-8-3-1-4-9-14/h3,8,14H,1-2,4-7,9-13H2. The zero-order chi connectivity index (χ0) is 11.9. The molecule has 1 atom stereocenters. The van der Waals surface area contributed by atoms with Crippen molar-refractivity contribution < 1.29 is 0 Å². The van der Waals surface area contributed by atoms with Crippen molar-refractivity contribution in [2.45, 2.75) is 70.6 Å². The van der Waals surface area contributed by atoms with Gasteiger partial charge in [0.15, 0.2) is 0 Å². The van der Waals surface area contributed by atoms with E-state index in [2.05, 4.69) is 28.1 Å². The Balaban J connectivity index is 1.70. The summed E-state index contributed by atoms with van der Waals surface area (Å²) in [4.78, 5) is 0. The molecule has 1 heteroatoms. The molecule has 2 aliphatic carbocycles. The van der Waals surface area contributed by atoms with Crippen molar-refractivity contribution in [2.24, 2.45) is 5.92 Å². The Morgan fingerprint density at radius 1 is 1.18 bits per heavy atom. The molecule has 0 aromatic carbocycles. The van der Waals surface area contributed by atoms with Crippen molar-refractivity contribution in [3.63, 3.8) is 0 Å². The molecule has 0 saturated heterocycles. The maximum Gasteiger partial charge on any atom is -0.00573 e. The van der Waals surface area contributed by atoms with Gasteiger partial charge in [0.1, 0.15) is 0 Å². The van der Waals surface area contributed by atoms with E-state index in [1.807, 2.05) is 0 Å². The predicted molar refractivity (Wildman–Crippen MR) is 79.4 cm³/mol. The van der Waals surface area contributed by atoms with Crippen LogP contribution in [-0.4, -0.2) is 0 Å². The molecule has 0 N–H and O–H groups in total. The summed E-state index contributed by atoms with van der Waals surface area (Å²) in [6.07, 6.45) is 20.0. The fraction of sp³-hybridized carbons (Fsp3) is 0.750. The highest BCUT2D eigenvalue weighted by atomic mass is 79.9. The van der Waals surface area contributed by atoms with Crippen molar-refractivity contribution in [3.05, 3.63) is 22.2 Å². The van der Waals surface area contributed by atoms with Crippen LogP contribution in [0.15, 0.2) is 22.2 Å². The van der Waals surface area contributed by atoms with E-state index in [0.717, 1.165) is 5.92 Å². The Bertz CT molecular complexity index is 280. The Morgan fingerprint density at radius 2 is 2.00 bits per heavy atom. The summed E-state index contributed by atoms with van der Waals surface area (Å²) < 4.78 is 1.54. The van der Waals surface area contributed by atoms with Crippen LogP contribution in [0.25, 0.3) is 0 Å². The van der Waals surface area contributed by atoms with Crippen molar-refractivity contribution in [3.8, 4) is 0 Å². The summed E-state index contributed by atoms with van der Waals surface area (Å²) in [7, 11) is 0. The largest absolute Gasteiger partial charge is 0.0883 e. The number of rotatable bonds is 4. The van der Waals surface area contributed by atoms with E-state index in [1.54, 1.807) is 5.57 Å². The summed E-state index contributed by atoms with van der Waals surface area (Å²) in [5, 5.41) is 0. The molecule has 0 bridgehead atoms. The second kappa shape index (κ2) is 7.41. The molecule has 0 aliphatic heterocycles. The minimum atomic E-state index is 0.875. The Morgan fingerprint density at radius 3 is 2.71 bits per heavy atom. The molecule has 0 aromatic heterocycles. The number of allylic oxidation sites excluding steroid dienone is 4. The lowest BCUT2D eigenvalue weighted by molar-refractivity contribution is 0.489. The lowest BCUT2D eigenvalue weighted by Gasteiger charge is -2.18. The maximum atomic E-state index is 3.83. The van der Waals surface area contributed by atoms with E-state index >= 15 is 0 Å². The summed E-state index contributed by atoms with van der Waals surface area (Å²) in [6.45, 7) is 0. The van der Waals surface area contributed by atoms with Crippen molar-refractivity contribution in [1.29, 1.82) is 0 Å². The van der Waals surface area contributed by atoms with E-state index < -0.39 is 0 Å². The van der Waals surface area contributed by atoms with Gasteiger partial charge in [-0.1, -0.05) is 40.1 Å². The van der Waals surface area contributed by atoms with Crippen molar-refractivity contribution in [1.82, 2.24) is 0 Å². The average molecular weight is 297 g/mol. The van der Waals surface area contributed by atoms with Gasteiger partial charge in [-0.2, -0.15) is 0 Å². The van der Waals surface area contributed by atoms with Crippen LogP contribution in [0.2, 0.25) is 0 Å². The molecule has 1 fully saturated rings. The van der Waals surface area contributed by atoms with Gasteiger partial charge in [0, 0.05) is 0 Å². The van der Waals surface area contributed by atoms with Gasteiger partial charge < -0.3 is 0 Å². The van der Waals surface area contributed by atoms with Crippen LogP contribution < -0.4 is 0 Å². The second-order valence-electron chi connectivity index (χ2n) is 5.58. The normalized spacial score (nSPS) is 25.0. The first-order valence-corrected chi connectivity index (χ1v) is 8.18. The highest BCUT2D eigenvalue weighted by Gasteiger charge is 2.11. The molecule has 0 heterocycles. The quantitative estimate of drug-likeness (QED) is 0.548. The molecule has 0 nitrogen and oxygen atoms in total. The van der Waals surface area contributed by atoms with Gasteiger partial charge in [-0.3, -0.25) is 0 Å². The highest BCUT2D eigenvalue weighted by Crippen LogP contribution is 2.32. The van der Waals surface area contributed by atoms with Crippen LogP contribution in [0, 0.1) is 5.92 Å². The molecule has 2 aliphatic rings. The van der Waals surface area contributed by atoms with Gasteiger partial charge in [-0.05, 0) is 74.6 Å². The van der Waals surface area contributed by atoms with Crippen LogP contribution in [0.5, 0.6) is 0 Å². The SMILES string of the molecule is BrC(CCCC1C=CCCC1)=C1CCCCC1. The first-order chi connectivity index (χ1) is 8.36. The highest BCUT2D eigenvalue weighted by molar-refractivity contribution is 9.11. The molecule has 0 aromatic rings. The average Bonchev–Trinajstić information content (AvgIpc) is 2.41. The van der Waals surface area contributed by atoms with Gasteiger partial charge in [0.2, 0.25) is 0 Å². The van der Waals surface area contributed by atoms with Crippen LogP contribution in [0.3, 0.4) is 0 Å². The van der Waals surface area contributed by atoms with Crippen LogP contribution >= 0.6 is 15.9 Å². The van der Waals surface area contributed by atoms with Crippen molar-refractivity contribution in [2.75, 3.05) is 0 Å². The third kappa shape index (κ3) is 4.62. The fourth-order valence-electron chi connectivity index (χ4n) is 3.07. The minimum absolute atomic E-state index is 0.875. The van der Waals surface area contributed by atoms with Gasteiger partial charge >= 0.3 is 0 Å². The molecular formula is C16H25Br. The minimum Gasteiger partial charge on any atom is -0.0883 e. The molecule has 17 heavy (non-hydrogen) atoms. The Kier molecular flexibility index (Phi) is 5.84. The number of hydrogen-bond acceptors (Lipinski definition) is 0. The molecule has 0 radical (unpaired) electrons. The van der Waals surface area contributed by atoms with E-state index in [4.69, 9.17) is 0 Å². The summed E-state index contributed by atoms with van der Waals surface area (Å²) in [6, 6.07) is 0. The smallest absolute Gasteiger partial charge is 0.00573 e. The zero-order valence-electron chi connectivity index (χ0n) is 10.9. The number of halogens is 1. The third-order valence-corrected chi connectivity index (χ3v) is 5.12. The second-order valence-corrected chi connectivity index (χ2v) is 6.54. The van der Waals surface area contributed by atoms with Crippen LogP contribution in [-0.2, 0) is 0 Å². The van der Waals surface area contributed by atoms with Gasteiger partial charge in [-0.15, -0.1) is 0 Å². The zero-order valence-corrected chi connectivity index (χ0v) is 12.5. The van der Waals surface area contributed by atoms with Crippen LogP contribution in [0.4, 0.5) is 0 Å². The van der Waals surface area contributed by atoms with Gasteiger partial charge in [-0.25, -0.2) is 0 Å². The summed E-state index contributed by atoms with van der Waals surface area (Å²) in [5.41, 5.74) is 1.72. The first-order valence-electron chi connectivity index (χ1n) is 7.39. The molecule has 1 unspecified atom stereocenters. The lowest BCUT2D eigenvalue weighted by atomic mass is 9.90. The van der Waals surface area contributed by atoms with Crippen molar-refractivity contribution >= 4 is 15.9 Å². The lowest BCUT2D eigenvalue weighted by Crippen LogP contribution is -2.01. The predicted octanol–water partition coefficient (Wildman–Crippen LogP) is 6.13. The Labute approximate surface area is 115 Å². The van der Waals surface area contributed by atoms with E-state index in [1.165, 1.54) is 75.1 Å². The van der Waals surface area contributed by atoms with Gasteiger partial charge in [0.25, 0.3) is 0 Å². The molecule has 0 spiro atoms. The van der Waals surface area contributed by atoms with E-state index in [9.17, 15) is 0 Å². The monoisotopic (exact) mass is 296 g/mol. The molecule has 0 amide bonds. The maximum absolute atomic E-state index is 3.83. The molecular weight excluding hydrogens is 272 g/mol. The fourth-order valence-corrected chi connectivity index (χ4v) is 3.75. The first kappa shape index (κ1) is 13.4. The summed E-state index contributed by atoms with van der Waals surface area (Å²) in [5.74, 6) is 0.875. The molecule has 1 saturated carbocycles. The van der Waals surface area contributed by atoms with Crippen LogP contribution in [0.1, 0.15) is 70.6 Å². The topological polar surface area (TPSA) is 0 Å². The molecule has 2 rings (SSSR count). The van der Waals surface area contributed by atoms with E-state index in [0.29, 0.717) is 0 Å². The molecule has 96 valence electrons. The Hall–Kier alpha value is -0.0400. The van der Waals surface area contributed by atoms with Gasteiger partial charge in [0.05, 0.1) is 0 Å². The van der Waals surface area contributed by atoms with E-state index in [-0.39, 0.29) is 0 Å². The number of hydrogen-bond donors (Lipinski definition) is 0.